The van der Waals surface area contributed by atoms with Gasteiger partial charge in [0, 0.05) is 17.3 Å². The fraction of sp³-hybridized carbons (Fsp3) is 0.185. The fourth-order valence-corrected chi connectivity index (χ4v) is 3.80. The topological polar surface area (TPSA) is 56.1 Å². The van der Waals surface area contributed by atoms with Crippen molar-refractivity contribution in [3.05, 3.63) is 111 Å². The van der Waals surface area contributed by atoms with Gasteiger partial charge in [-0.05, 0) is 66.9 Å². The summed E-state index contributed by atoms with van der Waals surface area (Å²) in [6, 6.07) is 19.2. The van der Waals surface area contributed by atoms with Crippen LogP contribution >= 0.6 is 11.6 Å². The Hall–Kier alpha value is -3.78. The molecule has 0 saturated carbocycles. The Morgan fingerprint density at radius 1 is 1.00 bits per heavy atom. The lowest BCUT2D eigenvalue weighted by Gasteiger charge is -2.10. The minimum absolute atomic E-state index is 0.139. The van der Waals surface area contributed by atoms with Crippen LogP contribution in [0.5, 0.6) is 5.75 Å². The van der Waals surface area contributed by atoms with Crippen molar-refractivity contribution in [1.82, 2.24) is 9.78 Å². The molecule has 1 amide bonds. The standard InChI is InChI=1S/C27H23ClF3N3O2/c1-17-9-10-23(28)24(11-17)36-16-20-6-3-7-21(13-20)26(35)32-25-12-18(2)34(33-25)15-19-5-4-8-22(14-19)27(29,30)31/h3-14H,15-16H2,1-2H3,(H,32,33,35). The van der Waals surface area contributed by atoms with Crippen molar-refractivity contribution in [1.29, 1.82) is 0 Å². The van der Waals surface area contributed by atoms with E-state index in [1.165, 1.54) is 6.07 Å². The second-order valence-corrected chi connectivity index (χ2v) is 8.81. The maximum Gasteiger partial charge on any atom is 0.416 e. The summed E-state index contributed by atoms with van der Waals surface area (Å²) in [4.78, 5) is 12.8. The van der Waals surface area contributed by atoms with E-state index in [1.807, 2.05) is 25.1 Å². The molecule has 9 heteroatoms. The number of hydrogen-bond donors (Lipinski definition) is 1. The first-order valence-electron chi connectivity index (χ1n) is 11.1. The van der Waals surface area contributed by atoms with Crippen LogP contribution < -0.4 is 10.1 Å². The Balaban J connectivity index is 1.42. The van der Waals surface area contributed by atoms with Gasteiger partial charge in [0.2, 0.25) is 0 Å². The molecule has 0 bridgehead atoms. The maximum absolute atomic E-state index is 13.0. The minimum Gasteiger partial charge on any atom is -0.487 e. The van der Waals surface area contributed by atoms with Crippen LogP contribution in [0.15, 0.2) is 72.8 Å². The summed E-state index contributed by atoms with van der Waals surface area (Å²) in [5.74, 6) is 0.500. The van der Waals surface area contributed by atoms with Crippen molar-refractivity contribution in [2.45, 2.75) is 33.2 Å². The third kappa shape index (κ3) is 6.26. The fourth-order valence-electron chi connectivity index (χ4n) is 3.62. The Morgan fingerprint density at radius 2 is 1.75 bits per heavy atom. The average molecular weight is 514 g/mol. The number of ether oxygens (including phenoxy) is 1. The van der Waals surface area contributed by atoms with Gasteiger partial charge >= 0.3 is 6.18 Å². The van der Waals surface area contributed by atoms with Crippen molar-refractivity contribution in [3.63, 3.8) is 0 Å². The first kappa shape index (κ1) is 25.3. The van der Waals surface area contributed by atoms with Crippen LogP contribution in [0.1, 0.15) is 38.3 Å². The molecule has 0 aliphatic carbocycles. The molecule has 186 valence electrons. The summed E-state index contributed by atoms with van der Waals surface area (Å²) in [6.45, 7) is 4.08. The molecule has 1 N–H and O–H groups in total. The number of aromatic nitrogens is 2. The molecule has 0 saturated heterocycles. The molecule has 0 aliphatic rings. The molecule has 0 unspecified atom stereocenters. The molecule has 3 aromatic carbocycles. The third-order valence-corrected chi connectivity index (χ3v) is 5.79. The number of nitrogens with one attached hydrogen (secondary N) is 1. The molecule has 1 heterocycles. The number of hydrogen-bond acceptors (Lipinski definition) is 3. The number of nitrogens with zero attached hydrogens (tertiary/aromatic N) is 2. The number of halogens is 4. The zero-order valence-corrected chi connectivity index (χ0v) is 20.3. The number of benzene rings is 3. The number of rotatable bonds is 7. The van der Waals surface area contributed by atoms with Crippen LogP contribution in [-0.4, -0.2) is 15.7 Å². The quantitative estimate of drug-likeness (QED) is 0.288. The van der Waals surface area contributed by atoms with Crippen LogP contribution in [0.3, 0.4) is 0 Å². The lowest BCUT2D eigenvalue weighted by molar-refractivity contribution is -0.137. The molecule has 4 rings (SSSR count). The van der Waals surface area contributed by atoms with Gasteiger partial charge in [0.1, 0.15) is 12.4 Å². The number of carbonyl (C=O) groups excluding carboxylic acids is 1. The number of anilines is 1. The van der Waals surface area contributed by atoms with Crippen molar-refractivity contribution < 1.29 is 22.7 Å². The lowest BCUT2D eigenvalue weighted by Crippen LogP contribution is -2.13. The van der Waals surface area contributed by atoms with Gasteiger partial charge < -0.3 is 10.1 Å². The van der Waals surface area contributed by atoms with Crippen molar-refractivity contribution >= 4 is 23.3 Å². The van der Waals surface area contributed by atoms with Crippen LogP contribution in [0.25, 0.3) is 0 Å². The van der Waals surface area contributed by atoms with Crippen molar-refractivity contribution in [2.24, 2.45) is 0 Å². The summed E-state index contributed by atoms with van der Waals surface area (Å²) in [6.07, 6.45) is -4.42. The highest BCUT2D eigenvalue weighted by Gasteiger charge is 2.30. The van der Waals surface area contributed by atoms with Gasteiger partial charge in [-0.2, -0.15) is 18.3 Å². The Kier molecular flexibility index (Phi) is 7.35. The van der Waals surface area contributed by atoms with E-state index in [1.54, 1.807) is 48.0 Å². The molecule has 0 atom stereocenters. The number of carbonyl (C=O) groups is 1. The number of alkyl halides is 3. The highest BCUT2D eigenvalue weighted by atomic mass is 35.5. The predicted octanol–water partition coefficient (Wildman–Crippen LogP) is 7.05. The molecular formula is C27H23ClF3N3O2. The van der Waals surface area contributed by atoms with E-state index in [4.69, 9.17) is 16.3 Å². The smallest absolute Gasteiger partial charge is 0.416 e. The Morgan fingerprint density at radius 3 is 2.53 bits per heavy atom. The average Bonchev–Trinajstić information content (AvgIpc) is 3.17. The number of aryl methyl sites for hydroxylation is 2. The SMILES string of the molecule is Cc1ccc(Cl)c(OCc2cccc(C(=O)Nc3cc(C)n(Cc4cccc(C(F)(F)F)c4)n3)c2)c1. The van der Waals surface area contributed by atoms with E-state index >= 15 is 0 Å². The molecule has 0 spiro atoms. The molecule has 0 radical (unpaired) electrons. The Labute approximate surface area is 211 Å². The van der Waals surface area contributed by atoms with Gasteiger partial charge in [-0.3, -0.25) is 9.48 Å². The largest absolute Gasteiger partial charge is 0.487 e. The first-order valence-corrected chi connectivity index (χ1v) is 11.5. The molecule has 0 aliphatic heterocycles. The van der Waals surface area contributed by atoms with Crippen molar-refractivity contribution in [3.8, 4) is 5.75 Å². The van der Waals surface area contributed by atoms with E-state index in [2.05, 4.69) is 10.4 Å². The predicted molar refractivity (Wildman–Crippen MR) is 132 cm³/mol. The van der Waals surface area contributed by atoms with E-state index in [9.17, 15) is 18.0 Å². The summed E-state index contributed by atoms with van der Waals surface area (Å²) >= 11 is 6.18. The highest BCUT2D eigenvalue weighted by Crippen LogP contribution is 2.30. The van der Waals surface area contributed by atoms with Gasteiger partial charge in [-0.25, -0.2) is 0 Å². The van der Waals surface area contributed by atoms with E-state index in [-0.39, 0.29) is 19.1 Å². The molecule has 4 aromatic rings. The zero-order chi connectivity index (χ0) is 25.9. The molecule has 36 heavy (non-hydrogen) atoms. The van der Waals surface area contributed by atoms with Crippen LogP contribution in [0, 0.1) is 13.8 Å². The van der Waals surface area contributed by atoms with Crippen LogP contribution in [-0.2, 0) is 19.3 Å². The van der Waals surface area contributed by atoms with E-state index in [0.29, 0.717) is 33.4 Å². The second kappa shape index (κ2) is 10.5. The summed E-state index contributed by atoms with van der Waals surface area (Å²) < 4.78 is 46.4. The zero-order valence-electron chi connectivity index (χ0n) is 19.6. The molecular weight excluding hydrogens is 491 g/mol. The van der Waals surface area contributed by atoms with Gasteiger partial charge in [-0.15, -0.1) is 0 Å². The Bertz CT molecular complexity index is 1400. The second-order valence-electron chi connectivity index (χ2n) is 8.40. The lowest BCUT2D eigenvalue weighted by atomic mass is 10.1. The molecule has 1 aromatic heterocycles. The molecule has 0 fully saturated rings. The maximum atomic E-state index is 13.0. The van der Waals surface area contributed by atoms with Gasteiger partial charge in [0.15, 0.2) is 5.82 Å². The van der Waals surface area contributed by atoms with Crippen molar-refractivity contribution in [2.75, 3.05) is 5.32 Å². The third-order valence-electron chi connectivity index (χ3n) is 5.48. The van der Waals surface area contributed by atoms with E-state index in [0.717, 1.165) is 23.3 Å². The summed E-state index contributed by atoms with van der Waals surface area (Å²) in [7, 11) is 0. The van der Waals surface area contributed by atoms with E-state index < -0.39 is 11.7 Å². The normalized spacial score (nSPS) is 11.4. The highest BCUT2D eigenvalue weighted by molar-refractivity contribution is 6.32. The van der Waals surface area contributed by atoms with Crippen LogP contribution in [0.4, 0.5) is 19.0 Å². The number of amides is 1. The summed E-state index contributed by atoms with van der Waals surface area (Å²) in [5.41, 5.74) is 2.65. The summed E-state index contributed by atoms with van der Waals surface area (Å²) in [5, 5.41) is 7.59. The van der Waals surface area contributed by atoms with Crippen LogP contribution in [0.2, 0.25) is 5.02 Å². The minimum atomic E-state index is -4.42. The monoisotopic (exact) mass is 513 g/mol. The van der Waals surface area contributed by atoms with Gasteiger partial charge in [0.05, 0.1) is 17.1 Å². The van der Waals surface area contributed by atoms with Gasteiger partial charge in [-0.1, -0.05) is 41.9 Å². The van der Waals surface area contributed by atoms with Gasteiger partial charge in [0.25, 0.3) is 5.91 Å². The first-order chi connectivity index (χ1) is 17.1. The molecule has 5 nitrogen and oxygen atoms in total.